The van der Waals surface area contributed by atoms with Crippen LogP contribution in [0.25, 0.3) is 33.5 Å². The summed E-state index contributed by atoms with van der Waals surface area (Å²) in [6, 6.07) is 4.59. The molecule has 1 aromatic carbocycles. The Labute approximate surface area is 179 Å². The highest BCUT2D eigenvalue weighted by Crippen LogP contribution is 2.28. The molecule has 0 unspecified atom stereocenters. The van der Waals surface area contributed by atoms with E-state index in [9.17, 15) is 9.18 Å². The number of nitrogens with zero attached hydrogens (tertiary/aromatic N) is 5. The van der Waals surface area contributed by atoms with Gasteiger partial charge in [0.25, 0.3) is 5.91 Å². The number of aromatic nitrogens is 5. The number of carbonyl (C=O) groups excluding carboxylic acids is 1. The molecule has 31 heavy (non-hydrogen) atoms. The highest BCUT2D eigenvalue weighted by atomic mass is 19.1. The van der Waals surface area contributed by atoms with Crippen molar-refractivity contribution in [3.63, 3.8) is 0 Å². The highest BCUT2D eigenvalue weighted by Gasteiger charge is 2.21. The number of halogens is 1. The van der Waals surface area contributed by atoms with E-state index in [1.807, 2.05) is 39.8 Å². The summed E-state index contributed by atoms with van der Waals surface area (Å²) in [6.45, 7) is 7.12. The summed E-state index contributed by atoms with van der Waals surface area (Å²) >= 11 is 0. The summed E-state index contributed by atoms with van der Waals surface area (Å²) in [6.07, 6.45) is 3.23. The van der Waals surface area contributed by atoms with Crippen molar-refractivity contribution < 1.29 is 9.18 Å². The summed E-state index contributed by atoms with van der Waals surface area (Å²) in [5.74, 6) is -0.549. The zero-order chi connectivity index (χ0) is 22.3. The monoisotopic (exact) mass is 423 g/mol. The minimum atomic E-state index is -0.378. The number of likely N-dealkylation sites (N-methyl/N-ethyl adjacent to an activating group) is 1. The van der Waals surface area contributed by atoms with Gasteiger partial charge >= 0.3 is 0 Å². The van der Waals surface area contributed by atoms with Gasteiger partial charge in [-0.25, -0.2) is 14.4 Å². The van der Waals surface area contributed by atoms with Crippen LogP contribution in [0.5, 0.6) is 0 Å². The number of rotatable bonds is 5. The molecule has 0 atom stereocenters. The van der Waals surface area contributed by atoms with Crippen LogP contribution in [0.15, 0.2) is 30.6 Å². The maximum Gasteiger partial charge on any atom is 0.255 e. The van der Waals surface area contributed by atoms with Crippen LogP contribution < -0.4 is 5.32 Å². The Morgan fingerprint density at radius 1 is 1.29 bits per heavy atom. The van der Waals surface area contributed by atoms with Crippen LogP contribution in [0.3, 0.4) is 0 Å². The second-order valence-corrected chi connectivity index (χ2v) is 8.90. The largest absolute Gasteiger partial charge is 0.347 e. The van der Waals surface area contributed by atoms with Crippen molar-refractivity contribution in [3.8, 4) is 11.4 Å². The summed E-state index contributed by atoms with van der Waals surface area (Å²) < 4.78 is 15.7. The van der Waals surface area contributed by atoms with E-state index >= 15 is 0 Å². The second-order valence-electron chi connectivity index (χ2n) is 8.90. The minimum Gasteiger partial charge on any atom is -0.347 e. The molecule has 1 amide bonds. The molecular formula is C22H26FN7O. The van der Waals surface area contributed by atoms with Gasteiger partial charge in [-0.1, -0.05) is 0 Å². The molecule has 0 aliphatic heterocycles. The second kappa shape index (κ2) is 7.73. The number of H-pyrrole nitrogens is 1. The normalized spacial score (nSPS) is 12.2. The predicted octanol–water partition coefficient (Wildman–Crippen LogP) is 3.20. The van der Waals surface area contributed by atoms with Crippen LogP contribution in [0.1, 0.15) is 31.1 Å². The summed E-state index contributed by atoms with van der Waals surface area (Å²) in [5, 5.41) is 8.44. The third kappa shape index (κ3) is 4.27. The van der Waals surface area contributed by atoms with Gasteiger partial charge in [0, 0.05) is 23.7 Å². The highest BCUT2D eigenvalue weighted by molar-refractivity contribution is 6.05. The molecule has 0 spiro atoms. The topological polar surface area (TPSA) is 91.7 Å². The molecule has 0 aliphatic rings. The Bertz CT molecular complexity index is 1270. The number of hydrogen-bond acceptors (Lipinski definition) is 5. The van der Waals surface area contributed by atoms with Crippen molar-refractivity contribution in [1.29, 1.82) is 0 Å². The first kappa shape index (κ1) is 20.9. The standard InChI is InChI=1S/C22H26FN7O/c1-22(2,3)27-21(31)15-11-24-20-19(15)26-16(12-25-20)18-14-7-6-13(23)10-17(14)30(28-18)9-8-29(4)5/h6-7,10-12H,8-9H2,1-5H3,(H,24,25)(H,27,31). The Morgan fingerprint density at radius 2 is 2.06 bits per heavy atom. The fraction of sp³-hybridized carbons (Fsp3) is 0.364. The van der Waals surface area contributed by atoms with Crippen molar-refractivity contribution in [3.05, 3.63) is 42.0 Å². The third-order valence-electron chi connectivity index (χ3n) is 4.83. The van der Waals surface area contributed by atoms with Crippen molar-refractivity contribution in [1.82, 2.24) is 34.9 Å². The first-order valence-electron chi connectivity index (χ1n) is 10.1. The Balaban J connectivity index is 1.81. The number of benzene rings is 1. The van der Waals surface area contributed by atoms with E-state index in [1.54, 1.807) is 23.1 Å². The van der Waals surface area contributed by atoms with E-state index in [1.165, 1.54) is 12.1 Å². The van der Waals surface area contributed by atoms with Gasteiger partial charge in [-0.05, 0) is 53.1 Å². The van der Waals surface area contributed by atoms with Gasteiger partial charge in [-0.15, -0.1) is 0 Å². The zero-order valence-corrected chi connectivity index (χ0v) is 18.3. The van der Waals surface area contributed by atoms with Crippen molar-refractivity contribution in [2.24, 2.45) is 0 Å². The molecule has 0 bridgehead atoms. The summed E-state index contributed by atoms with van der Waals surface area (Å²) in [7, 11) is 3.95. The van der Waals surface area contributed by atoms with Gasteiger partial charge in [0.05, 0.1) is 23.8 Å². The van der Waals surface area contributed by atoms with E-state index in [0.717, 1.165) is 11.9 Å². The van der Waals surface area contributed by atoms with Gasteiger partial charge in [-0.2, -0.15) is 5.10 Å². The van der Waals surface area contributed by atoms with Gasteiger partial charge in [0.15, 0.2) is 5.65 Å². The van der Waals surface area contributed by atoms with E-state index < -0.39 is 0 Å². The van der Waals surface area contributed by atoms with Crippen LogP contribution in [-0.2, 0) is 6.54 Å². The maximum atomic E-state index is 13.9. The molecule has 8 nitrogen and oxygen atoms in total. The molecule has 0 saturated heterocycles. The molecule has 9 heteroatoms. The Hall–Kier alpha value is -3.33. The average molecular weight is 423 g/mol. The molecule has 0 aliphatic carbocycles. The quantitative estimate of drug-likeness (QED) is 0.514. The average Bonchev–Trinajstić information content (AvgIpc) is 3.25. The molecular weight excluding hydrogens is 397 g/mol. The number of carbonyl (C=O) groups is 1. The van der Waals surface area contributed by atoms with Gasteiger partial charge < -0.3 is 15.2 Å². The van der Waals surface area contributed by atoms with E-state index in [4.69, 9.17) is 10.1 Å². The zero-order valence-electron chi connectivity index (χ0n) is 18.3. The number of aromatic amines is 1. The van der Waals surface area contributed by atoms with Crippen LogP contribution in [0.4, 0.5) is 4.39 Å². The minimum absolute atomic E-state index is 0.228. The first-order chi connectivity index (χ1) is 14.6. The van der Waals surface area contributed by atoms with Crippen LogP contribution >= 0.6 is 0 Å². The molecule has 3 heterocycles. The molecule has 4 rings (SSSR count). The van der Waals surface area contributed by atoms with Gasteiger partial charge in [0.1, 0.15) is 22.7 Å². The lowest BCUT2D eigenvalue weighted by atomic mass is 10.1. The van der Waals surface area contributed by atoms with Crippen LogP contribution in [0.2, 0.25) is 0 Å². The number of fused-ring (bicyclic) bond motifs is 2. The smallest absolute Gasteiger partial charge is 0.255 e. The predicted molar refractivity (Wildman–Crippen MR) is 118 cm³/mol. The summed E-state index contributed by atoms with van der Waals surface area (Å²) in [5.41, 5.74) is 2.85. The number of hydrogen-bond donors (Lipinski definition) is 2. The molecule has 162 valence electrons. The Morgan fingerprint density at radius 3 is 2.77 bits per heavy atom. The fourth-order valence-corrected chi connectivity index (χ4v) is 3.39. The van der Waals surface area contributed by atoms with Crippen LogP contribution in [-0.4, -0.2) is 61.7 Å². The molecule has 4 aromatic rings. The SMILES string of the molecule is CN(C)CCn1nc(-c2cnc3[nH]cc(C(=O)NC(C)(C)C)c3n2)c2ccc(F)cc21. The summed E-state index contributed by atoms with van der Waals surface area (Å²) in [4.78, 5) is 26.9. The molecule has 3 aromatic heterocycles. The number of nitrogens with one attached hydrogen (secondary N) is 2. The number of amides is 1. The van der Waals surface area contributed by atoms with E-state index in [0.29, 0.717) is 40.2 Å². The van der Waals surface area contributed by atoms with Gasteiger partial charge in [0.2, 0.25) is 0 Å². The molecule has 0 radical (unpaired) electrons. The van der Waals surface area contributed by atoms with Crippen molar-refractivity contribution >= 4 is 28.0 Å². The first-order valence-corrected chi connectivity index (χ1v) is 10.1. The lowest BCUT2D eigenvalue weighted by molar-refractivity contribution is 0.0921. The van der Waals surface area contributed by atoms with Crippen LogP contribution in [0, 0.1) is 5.82 Å². The lowest BCUT2D eigenvalue weighted by Gasteiger charge is -2.19. The Kier molecular flexibility index (Phi) is 5.22. The van der Waals surface area contributed by atoms with Crippen molar-refractivity contribution in [2.75, 3.05) is 20.6 Å². The van der Waals surface area contributed by atoms with E-state index in [2.05, 4.69) is 15.3 Å². The lowest BCUT2D eigenvalue weighted by Crippen LogP contribution is -2.40. The molecule has 0 fully saturated rings. The molecule has 2 N–H and O–H groups in total. The van der Waals surface area contributed by atoms with E-state index in [-0.39, 0.29) is 17.3 Å². The van der Waals surface area contributed by atoms with Crippen molar-refractivity contribution in [2.45, 2.75) is 32.9 Å². The molecule has 0 saturated carbocycles. The third-order valence-corrected chi connectivity index (χ3v) is 4.83. The van der Waals surface area contributed by atoms with Gasteiger partial charge in [-0.3, -0.25) is 9.48 Å². The fourth-order valence-electron chi connectivity index (χ4n) is 3.39. The maximum absolute atomic E-state index is 13.9.